The van der Waals surface area contributed by atoms with Crippen LogP contribution in [0, 0.1) is 0 Å². The maximum absolute atomic E-state index is 11.9. The van der Waals surface area contributed by atoms with Crippen molar-refractivity contribution in [3.05, 3.63) is 42.2 Å². The normalized spacial score (nSPS) is 12.0. The number of aromatic nitrogens is 2. The van der Waals surface area contributed by atoms with E-state index in [-0.39, 0.29) is 0 Å². The lowest BCUT2D eigenvalue weighted by Gasteiger charge is -2.12. The van der Waals surface area contributed by atoms with Crippen LogP contribution in [-0.2, 0) is 16.0 Å². The van der Waals surface area contributed by atoms with Gasteiger partial charge in [-0.3, -0.25) is 0 Å². The smallest absolute Gasteiger partial charge is 0.340 e. The van der Waals surface area contributed by atoms with Crippen molar-refractivity contribution in [2.24, 2.45) is 0 Å². The predicted octanol–water partition coefficient (Wildman–Crippen LogP) is 4.21. The predicted molar refractivity (Wildman–Crippen MR) is 97.4 cm³/mol. The monoisotopic (exact) mass is 342 g/mol. The van der Waals surface area contributed by atoms with Crippen LogP contribution in [0.25, 0.3) is 11.4 Å². The third-order valence-electron chi connectivity index (χ3n) is 3.76. The Morgan fingerprint density at radius 2 is 1.76 bits per heavy atom. The van der Waals surface area contributed by atoms with Crippen LogP contribution in [0.1, 0.15) is 45.6 Å². The molecule has 2 rings (SSSR count). The van der Waals surface area contributed by atoms with Crippen molar-refractivity contribution < 1.29 is 14.3 Å². The molecule has 0 N–H and O–H groups in total. The van der Waals surface area contributed by atoms with Gasteiger partial charge < -0.3 is 9.47 Å². The second-order valence-corrected chi connectivity index (χ2v) is 5.98. The number of rotatable bonds is 9. The van der Waals surface area contributed by atoms with Crippen molar-refractivity contribution in [2.45, 2.75) is 52.6 Å². The molecule has 0 spiro atoms. The zero-order valence-corrected chi connectivity index (χ0v) is 15.2. The lowest BCUT2D eigenvalue weighted by atomic mass is 10.1. The molecule has 25 heavy (non-hydrogen) atoms. The van der Waals surface area contributed by atoms with Gasteiger partial charge in [0.2, 0.25) is 0 Å². The highest BCUT2D eigenvalue weighted by atomic mass is 16.6. The van der Waals surface area contributed by atoms with E-state index in [1.807, 2.05) is 31.5 Å². The molecule has 134 valence electrons. The van der Waals surface area contributed by atoms with E-state index >= 15 is 0 Å². The van der Waals surface area contributed by atoms with Crippen molar-refractivity contribution in [2.75, 3.05) is 6.61 Å². The number of hydrogen-bond acceptors (Lipinski definition) is 5. The first-order valence-corrected chi connectivity index (χ1v) is 8.88. The highest BCUT2D eigenvalue weighted by Crippen LogP contribution is 2.20. The van der Waals surface area contributed by atoms with E-state index in [9.17, 15) is 4.79 Å². The summed E-state index contributed by atoms with van der Waals surface area (Å²) in [6.45, 7) is 6.40. The Hall–Kier alpha value is -2.27. The molecule has 0 fully saturated rings. The maximum atomic E-state index is 11.9. The van der Waals surface area contributed by atoms with Gasteiger partial charge in [0.15, 0.2) is 11.9 Å². The van der Waals surface area contributed by atoms with E-state index in [0.717, 1.165) is 36.8 Å². The summed E-state index contributed by atoms with van der Waals surface area (Å²) in [6, 6.07) is 7.19. The minimum atomic E-state index is -0.571. The fourth-order valence-corrected chi connectivity index (χ4v) is 2.25. The molecule has 2 aromatic rings. The Bertz CT molecular complexity index is 654. The summed E-state index contributed by atoms with van der Waals surface area (Å²) < 4.78 is 10.7. The molecule has 0 saturated heterocycles. The summed E-state index contributed by atoms with van der Waals surface area (Å²) >= 11 is 0. The van der Waals surface area contributed by atoms with Crippen molar-refractivity contribution in [1.29, 1.82) is 0 Å². The van der Waals surface area contributed by atoms with Crippen molar-refractivity contribution in [1.82, 2.24) is 9.97 Å². The quantitative estimate of drug-likeness (QED) is 0.505. The third-order valence-corrected chi connectivity index (χ3v) is 3.76. The Labute approximate surface area is 149 Å². The molecule has 0 radical (unpaired) electrons. The second-order valence-electron chi connectivity index (χ2n) is 5.98. The molecule has 1 unspecified atom stereocenters. The van der Waals surface area contributed by atoms with Crippen molar-refractivity contribution >= 4 is 5.97 Å². The van der Waals surface area contributed by atoms with Crippen molar-refractivity contribution in [3.63, 3.8) is 0 Å². The van der Waals surface area contributed by atoms with E-state index in [4.69, 9.17) is 9.47 Å². The topological polar surface area (TPSA) is 61.3 Å². The van der Waals surface area contributed by atoms with Crippen LogP contribution in [0.15, 0.2) is 36.7 Å². The maximum Gasteiger partial charge on any atom is 0.340 e. The Kier molecular flexibility index (Phi) is 7.54. The summed E-state index contributed by atoms with van der Waals surface area (Å²) in [7, 11) is 0. The van der Waals surface area contributed by atoms with E-state index in [1.165, 1.54) is 0 Å². The third kappa shape index (κ3) is 5.94. The van der Waals surface area contributed by atoms with Crippen molar-refractivity contribution in [3.8, 4) is 17.1 Å². The average Bonchev–Trinajstić information content (AvgIpc) is 2.65. The number of benzene rings is 1. The molecular formula is C20H26N2O3. The first kappa shape index (κ1) is 19.1. The van der Waals surface area contributed by atoms with Gasteiger partial charge in [-0.05, 0) is 56.0 Å². The molecule has 0 aliphatic heterocycles. The van der Waals surface area contributed by atoms with E-state index < -0.39 is 12.1 Å². The fourth-order valence-electron chi connectivity index (χ4n) is 2.25. The SMILES string of the molecule is CCCCc1cnc(-c2ccc(OC(=O)C(C)OCCC)cc2)nc1. The Morgan fingerprint density at radius 1 is 1.08 bits per heavy atom. The lowest BCUT2D eigenvalue weighted by molar-refractivity contribution is -0.146. The van der Waals surface area contributed by atoms with Gasteiger partial charge in [-0.2, -0.15) is 0 Å². The van der Waals surface area contributed by atoms with Crippen LogP contribution < -0.4 is 4.74 Å². The highest BCUT2D eigenvalue weighted by Gasteiger charge is 2.15. The zero-order chi connectivity index (χ0) is 18.1. The summed E-state index contributed by atoms with van der Waals surface area (Å²) in [6.07, 6.45) is 7.34. The summed E-state index contributed by atoms with van der Waals surface area (Å²) in [4.78, 5) is 20.8. The summed E-state index contributed by atoms with van der Waals surface area (Å²) in [5, 5.41) is 0. The fraction of sp³-hybridized carbons (Fsp3) is 0.450. The van der Waals surface area contributed by atoms with Gasteiger partial charge >= 0.3 is 5.97 Å². The molecule has 0 aliphatic rings. The minimum Gasteiger partial charge on any atom is -0.425 e. The number of hydrogen-bond donors (Lipinski definition) is 0. The number of esters is 1. The Balaban J connectivity index is 1.96. The molecule has 1 heterocycles. The van der Waals surface area contributed by atoms with Gasteiger partial charge in [-0.15, -0.1) is 0 Å². The van der Waals surface area contributed by atoms with Crippen LogP contribution in [0.2, 0.25) is 0 Å². The molecule has 5 heteroatoms. The molecular weight excluding hydrogens is 316 g/mol. The number of nitrogens with zero attached hydrogens (tertiary/aromatic N) is 2. The van der Waals surface area contributed by atoms with Crippen LogP contribution in [0.3, 0.4) is 0 Å². The number of unbranched alkanes of at least 4 members (excludes halogenated alkanes) is 1. The number of carbonyl (C=O) groups is 1. The first-order valence-electron chi connectivity index (χ1n) is 8.88. The number of aryl methyl sites for hydroxylation is 1. The van der Waals surface area contributed by atoms with Gasteiger partial charge in [0.25, 0.3) is 0 Å². The second kappa shape index (κ2) is 9.89. The van der Waals surface area contributed by atoms with E-state index in [1.54, 1.807) is 19.1 Å². The van der Waals surface area contributed by atoms with Crippen LogP contribution in [0.5, 0.6) is 5.75 Å². The molecule has 0 amide bonds. The molecule has 1 atom stereocenters. The van der Waals surface area contributed by atoms with E-state index in [0.29, 0.717) is 18.2 Å². The standard InChI is InChI=1S/C20H26N2O3/c1-4-6-7-16-13-21-19(22-14-16)17-8-10-18(11-9-17)25-20(23)15(3)24-12-5-2/h8-11,13-15H,4-7,12H2,1-3H3. The zero-order valence-electron chi connectivity index (χ0n) is 15.2. The van der Waals surface area contributed by atoms with Crippen LogP contribution in [0.4, 0.5) is 0 Å². The van der Waals surface area contributed by atoms with Gasteiger partial charge in [0.05, 0.1) is 0 Å². The summed E-state index contributed by atoms with van der Waals surface area (Å²) in [5.41, 5.74) is 2.04. The molecule has 1 aromatic heterocycles. The number of carbonyl (C=O) groups excluding carboxylic acids is 1. The first-order chi connectivity index (χ1) is 12.1. The van der Waals surface area contributed by atoms with Gasteiger partial charge in [0.1, 0.15) is 5.75 Å². The minimum absolute atomic E-state index is 0.391. The largest absolute Gasteiger partial charge is 0.425 e. The Morgan fingerprint density at radius 3 is 2.36 bits per heavy atom. The molecule has 0 saturated carbocycles. The summed E-state index contributed by atoms with van der Waals surface area (Å²) in [5.74, 6) is 0.760. The van der Waals surface area contributed by atoms with Crippen LogP contribution >= 0.6 is 0 Å². The number of ether oxygens (including phenoxy) is 2. The van der Waals surface area contributed by atoms with E-state index in [2.05, 4.69) is 16.9 Å². The lowest BCUT2D eigenvalue weighted by Crippen LogP contribution is -2.26. The van der Waals surface area contributed by atoms with Gasteiger partial charge in [-0.1, -0.05) is 20.3 Å². The molecule has 1 aromatic carbocycles. The molecule has 0 aliphatic carbocycles. The average molecular weight is 342 g/mol. The molecule has 0 bridgehead atoms. The van der Waals surface area contributed by atoms with Gasteiger partial charge in [-0.25, -0.2) is 14.8 Å². The van der Waals surface area contributed by atoms with Gasteiger partial charge in [0, 0.05) is 24.6 Å². The van der Waals surface area contributed by atoms with Crippen LogP contribution in [-0.4, -0.2) is 28.6 Å². The highest BCUT2D eigenvalue weighted by molar-refractivity contribution is 5.77. The molecule has 5 nitrogen and oxygen atoms in total.